The van der Waals surface area contributed by atoms with Crippen molar-refractivity contribution in [1.82, 2.24) is 19.4 Å². The number of anilines is 2. The van der Waals surface area contributed by atoms with Crippen molar-refractivity contribution in [3.05, 3.63) is 59.8 Å². The Labute approximate surface area is 188 Å². The van der Waals surface area contributed by atoms with Gasteiger partial charge in [-0.2, -0.15) is 4.98 Å². The fourth-order valence-corrected chi connectivity index (χ4v) is 4.30. The maximum atomic E-state index is 14.5. The second-order valence-electron chi connectivity index (χ2n) is 8.25. The van der Waals surface area contributed by atoms with Crippen molar-refractivity contribution in [2.24, 2.45) is 0 Å². The van der Waals surface area contributed by atoms with Crippen molar-refractivity contribution in [2.45, 2.75) is 39.0 Å². The molecule has 2 atom stereocenters. The summed E-state index contributed by atoms with van der Waals surface area (Å²) < 4.78 is 48.4. The van der Waals surface area contributed by atoms with Gasteiger partial charge in [-0.3, -0.25) is 4.40 Å². The first-order valence-corrected chi connectivity index (χ1v) is 10.7. The van der Waals surface area contributed by atoms with Gasteiger partial charge >= 0.3 is 0 Å². The summed E-state index contributed by atoms with van der Waals surface area (Å²) in [6.45, 7) is 5.45. The van der Waals surface area contributed by atoms with Crippen LogP contribution in [-0.4, -0.2) is 44.7 Å². The Hall–Kier alpha value is -3.40. The Morgan fingerprint density at radius 1 is 1.18 bits per heavy atom. The Kier molecular flexibility index (Phi) is 5.53. The van der Waals surface area contributed by atoms with Crippen molar-refractivity contribution < 1.29 is 17.9 Å². The molecular weight excluding hydrogens is 433 g/mol. The lowest BCUT2D eigenvalue weighted by Crippen LogP contribution is -2.45. The summed E-state index contributed by atoms with van der Waals surface area (Å²) in [7, 11) is 0. The fraction of sp³-hybridized carbons (Fsp3) is 0.348. The lowest BCUT2D eigenvalue weighted by molar-refractivity contribution is -0.00545. The molecule has 0 amide bonds. The zero-order valence-corrected chi connectivity index (χ0v) is 18.2. The van der Waals surface area contributed by atoms with Crippen molar-refractivity contribution in [1.29, 1.82) is 0 Å². The molecule has 1 aliphatic rings. The molecule has 1 aliphatic heterocycles. The second-order valence-corrected chi connectivity index (χ2v) is 8.25. The highest BCUT2D eigenvalue weighted by Crippen LogP contribution is 2.29. The molecule has 1 aromatic carbocycles. The third kappa shape index (κ3) is 4.06. The smallest absolute Gasteiger partial charge is 0.266 e. The molecule has 4 heterocycles. The topological polar surface area (TPSA) is 67.6 Å². The normalized spacial score (nSPS) is 19.0. The highest BCUT2D eigenvalue weighted by atomic mass is 19.3. The van der Waals surface area contributed by atoms with Crippen LogP contribution < -0.4 is 10.2 Å². The first kappa shape index (κ1) is 21.4. The number of halogens is 3. The third-order valence-corrected chi connectivity index (χ3v) is 5.75. The van der Waals surface area contributed by atoms with Gasteiger partial charge in [0.1, 0.15) is 17.5 Å². The van der Waals surface area contributed by atoms with Crippen LogP contribution in [0.4, 0.5) is 24.8 Å². The number of imidazole rings is 1. The molecule has 3 aromatic heterocycles. The molecule has 10 heteroatoms. The summed E-state index contributed by atoms with van der Waals surface area (Å²) in [5.41, 5.74) is 0.300. The van der Waals surface area contributed by atoms with Gasteiger partial charge in [0, 0.05) is 43.0 Å². The van der Waals surface area contributed by atoms with Gasteiger partial charge in [-0.05, 0) is 19.9 Å². The summed E-state index contributed by atoms with van der Waals surface area (Å²) in [5, 5.41) is 3.89. The van der Waals surface area contributed by atoms with Crippen LogP contribution in [-0.2, 0) is 11.3 Å². The molecule has 0 bridgehead atoms. The van der Waals surface area contributed by atoms with Gasteiger partial charge in [0.25, 0.3) is 6.43 Å². The molecule has 0 saturated carbocycles. The predicted molar refractivity (Wildman–Crippen MR) is 119 cm³/mol. The minimum Gasteiger partial charge on any atom is -0.372 e. The summed E-state index contributed by atoms with van der Waals surface area (Å²) in [5.74, 6) is 0.795. The van der Waals surface area contributed by atoms with E-state index >= 15 is 0 Å². The molecule has 172 valence electrons. The fourth-order valence-electron chi connectivity index (χ4n) is 4.30. The molecule has 1 saturated heterocycles. The zero-order valence-electron chi connectivity index (χ0n) is 18.2. The summed E-state index contributed by atoms with van der Waals surface area (Å²) >= 11 is 0. The van der Waals surface area contributed by atoms with Crippen LogP contribution in [0.2, 0.25) is 0 Å². The molecule has 5 rings (SSSR count). The van der Waals surface area contributed by atoms with E-state index in [4.69, 9.17) is 4.74 Å². The Morgan fingerprint density at radius 2 is 1.97 bits per heavy atom. The van der Waals surface area contributed by atoms with Crippen LogP contribution in [0.3, 0.4) is 0 Å². The molecule has 2 unspecified atom stereocenters. The number of ether oxygens (including phenoxy) is 1. The highest BCUT2D eigenvalue weighted by Gasteiger charge is 2.24. The third-order valence-electron chi connectivity index (χ3n) is 5.75. The summed E-state index contributed by atoms with van der Waals surface area (Å²) in [6, 6.07) is 5.93. The largest absolute Gasteiger partial charge is 0.372 e. The number of alkyl halides is 2. The van der Waals surface area contributed by atoms with Gasteiger partial charge in [-0.1, -0.05) is 18.2 Å². The monoisotopic (exact) mass is 456 g/mol. The number of rotatable bonds is 5. The number of pyridine rings is 1. The minimum atomic E-state index is -2.88. The Balaban J connectivity index is 1.53. The maximum Gasteiger partial charge on any atom is 0.266 e. The van der Waals surface area contributed by atoms with Crippen LogP contribution >= 0.6 is 0 Å². The molecule has 0 radical (unpaired) electrons. The summed E-state index contributed by atoms with van der Waals surface area (Å²) in [4.78, 5) is 15.7. The quantitative estimate of drug-likeness (QED) is 0.474. The number of nitrogens with zero attached hydrogens (tertiary/aromatic N) is 5. The Bertz CT molecular complexity index is 1300. The molecule has 33 heavy (non-hydrogen) atoms. The number of benzene rings is 1. The SMILES string of the molecule is CC1CN(c2cc3c(NCc4cccc(C(F)F)c4F)nc4nccn4c3cn2)CC(C)O1. The molecular formula is C23H23F3N6O. The van der Waals surface area contributed by atoms with E-state index in [1.54, 1.807) is 18.6 Å². The van der Waals surface area contributed by atoms with Crippen molar-refractivity contribution >= 4 is 28.3 Å². The van der Waals surface area contributed by atoms with Crippen LogP contribution in [0, 0.1) is 5.82 Å². The molecule has 1 fully saturated rings. The predicted octanol–water partition coefficient (Wildman–Crippen LogP) is 4.58. The van der Waals surface area contributed by atoms with Gasteiger partial charge in [0.2, 0.25) is 5.78 Å². The van der Waals surface area contributed by atoms with Gasteiger partial charge in [-0.25, -0.2) is 23.1 Å². The van der Waals surface area contributed by atoms with E-state index in [2.05, 4.69) is 25.2 Å². The molecule has 7 nitrogen and oxygen atoms in total. The minimum absolute atomic E-state index is 0.00530. The van der Waals surface area contributed by atoms with E-state index in [1.165, 1.54) is 12.1 Å². The number of aromatic nitrogens is 4. The first-order valence-electron chi connectivity index (χ1n) is 10.7. The molecule has 0 aliphatic carbocycles. The standard InChI is InChI=1S/C23H23F3N6O/c1-13-11-31(12-14(2)33-13)19-8-17-18(10-28-19)32-7-6-27-23(32)30-22(17)29-9-15-4-3-5-16(20(15)24)21(25)26/h3-8,10,13-14,21H,9,11-12H2,1-2H3,(H,27,29,30). The number of fused-ring (bicyclic) bond motifs is 3. The summed E-state index contributed by atoms with van der Waals surface area (Å²) in [6.07, 6.45) is 2.45. The number of morpholine rings is 1. The van der Waals surface area contributed by atoms with Crippen molar-refractivity contribution in [3.8, 4) is 0 Å². The lowest BCUT2D eigenvalue weighted by Gasteiger charge is -2.36. The number of hydrogen-bond acceptors (Lipinski definition) is 6. The van der Waals surface area contributed by atoms with E-state index < -0.39 is 17.8 Å². The van der Waals surface area contributed by atoms with Crippen LogP contribution in [0.15, 0.2) is 42.9 Å². The number of nitrogens with one attached hydrogen (secondary N) is 1. The molecule has 1 N–H and O–H groups in total. The lowest BCUT2D eigenvalue weighted by atomic mass is 10.1. The van der Waals surface area contributed by atoms with Gasteiger partial charge in [-0.15, -0.1) is 0 Å². The van der Waals surface area contributed by atoms with Gasteiger partial charge in [0.15, 0.2) is 0 Å². The second kappa shape index (κ2) is 8.51. The maximum absolute atomic E-state index is 14.5. The van der Waals surface area contributed by atoms with E-state index in [0.717, 1.165) is 22.8 Å². The highest BCUT2D eigenvalue weighted by molar-refractivity contribution is 5.92. The van der Waals surface area contributed by atoms with E-state index in [0.29, 0.717) is 24.7 Å². The Morgan fingerprint density at radius 3 is 2.73 bits per heavy atom. The van der Waals surface area contributed by atoms with E-state index in [1.807, 2.05) is 24.3 Å². The van der Waals surface area contributed by atoms with Crippen molar-refractivity contribution in [2.75, 3.05) is 23.3 Å². The average molecular weight is 456 g/mol. The zero-order chi connectivity index (χ0) is 23.1. The molecule has 4 aromatic rings. The van der Waals surface area contributed by atoms with E-state index in [9.17, 15) is 13.2 Å². The molecule has 0 spiro atoms. The average Bonchev–Trinajstić information content (AvgIpc) is 3.26. The van der Waals surface area contributed by atoms with Gasteiger partial charge in [0.05, 0.1) is 29.5 Å². The van der Waals surface area contributed by atoms with Crippen LogP contribution in [0.25, 0.3) is 16.7 Å². The van der Waals surface area contributed by atoms with Crippen LogP contribution in [0.1, 0.15) is 31.4 Å². The van der Waals surface area contributed by atoms with Crippen LogP contribution in [0.5, 0.6) is 0 Å². The first-order chi connectivity index (χ1) is 15.9. The van der Waals surface area contributed by atoms with E-state index in [-0.39, 0.29) is 24.3 Å². The van der Waals surface area contributed by atoms with Gasteiger partial charge < -0.3 is 15.0 Å². The van der Waals surface area contributed by atoms with Crippen molar-refractivity contribution in [3.63, 3.8) is 0 Å². The number of hydrogen-bond donors (Lipinski definition) is 1.